The number of likely N-dealkylation sites (tertiary alicyclic amines) is 1. The first-order chi connectivity index (χ1) is 12.6. The summed E-state index contributed by atoms with van der Waals surface area (Å²) in [6.45, 7) is 3.12. The van der Waals surface area contributed by atoms with Crippen molar-refractivity contribution in [3.05, 3.63) is 52.5 Å². The predicted octanol–water partition coefficient (Wildman–Crippen LogP) is 4.21. The Balaban J connectivity index is 1.76. The molecule has 0 saturated carbocycles. The summed E-state index contributed by atoms with van der Waals surface area (Å²) in [5, 5.41) is 3.28. The van der Waals surface area contributed by atoms with Gasteiger partial charge in [-0.15, -0.1) is 0 Å². The van der Waals surface area contributed by atoms with Crippen LogP contribution in [-0.4, -0.2) is 38.1 Å². The maximum absolute atomic E-state index is 12.7. The van der Waals surface area contributed by atoms with Crippen molar-refractivity contribution in [3.63, 3.8) is 0 Å². The van der Waals surface area contributed by atoms with Crippen LogP contribution in [0, 0.1) is 0 Å². The van der Waals surface area contributed by atoms with E-state index in [1.165, 1.54) is 27.1 Å². The molecule has 0 bridgehead atoms. The molecule has 1 aliphatic rings. The maximum Gasteiger partial charge on any atom is 0.255 e. The molecule has 0 atom stereocenters. The van der Waals surface area contributed by atoms with Crippen LogP contribution in [0.15, 0.2) is 36.4 Å². The summed E-state index contributed by atoms with van der Waals surface area (Å²) in [5.41, 5.74) is 2.25. The topological polar surface area (TPSA) is 50.8 Å². The molecule has 2 aromatic carbocycles. The number of halogens is 1. The number of rotatable bonds is 6. The normalized spacial score (nSPS) is 14.3. The number of hydrogen-bond acceptors (Lipinski definition) is 4. The Morgan fingerprint density at radius 1 is 1.12 bits per heavy atom. The van der Waals surface area contributed by atoms with E-state index in [4.69, 9.17) is 21.1 Å². The van der Waals surface area contributed by atoms with Crippen LogP contribution in [0.3, 0.4) is 0 Å². The van der Waals surface area contributed by atoms with Crippen molar-refractivity contribution in [2.75, 3.05) is 32.6 Å². The number of hydrogen-bond donors (Lipinski definition) is 1. The van der Waals surface area contributed by atoms with Crippen molar-refractivity contribution < 1.29 is 14.3 Å². The number of nitrogens with zero attached hydrogens (tertiary/aromatic N) is 1. The molecule has 2 aromatic rings. The number of methoxy groups -OCH3 is 2. The molecule has 138 valence electrons. The Hall–Kier alpha value is -2.24. The standard InChI is InChI=1S/C20H23ClN2O3/c1-25-18-12-19(26-2)17(11-16(18)21)22-20(24)15-7-5-6-14(10-15)13-23-8-3-4-9-23/h5-7,10-12H,3-4,8-9,13H2,1-2H3,(H,22,24). The number of carbonyl (C=O) groups excluding carboxylic acids is 1. The second-order valence-corrected chi connectivity index (χ2v) is 6.73. The Bertz CT molecular complexity index is 789. The van der Waals surface area contributed by atoms with Gasteiger partial charge in [-0.25, -0.2) is 0 Å². The third-order valence-corrected chi connectivity index (χ3v) is 4.81. The van der Waals surface area contributed by atoms with Crippen LogP contribution in [0.2, 0.25) is 5.02 Å². The lowest BCUT2D eigenvalue weighted by molar-refractivity contribution is 0.102. The molecule has 1 fully saturated rings. The fourth-order valence-electron chi connectivity index (χ4n) is 3.16. The molecule has 1 amide bonds. The summed E-state index contributed by atoms with van der Waals surface area (Å²) in [6.07, 6.45) is 2.50. The van der Waals surface area contributed by atoms with Gasteiger partial charge in [-0.1, -0.05) is 23.7 Å². The molecule has 6 heteroatoms. The quantitative estimate of drug-likeness (QED) is 0.823. The molecule has 5 nitrogen and oxygen atoms in total. The average molecular weight is 375 g/mol. The van der Waals surface area contributed by atoms with Gasteiger partial charge in [0.25, 0.3) is 5.91 Å². The predicted molar refractivity (Wildman–Crippen MR) is 103 cm³/mol. The van der Waals surface area contributed by atoms with Gasteiger partial charge in [-0.05, 0) is 49.7 Å². The molecule has 0 unspecified atom stereocenters. The van der Waals surface area contributed by atoms with Crippen LogP contribution < -0.4 is 14.8 Å². The Morgan fingerprint density at radius 3 is 2.54 bits per heavy atom. The summed E-state index contributed by atoms with van der Waals surface area (Å²) in [6, 6.07) is 11.0. The SMILES string of the molecule is COc1cc(OC)c(NC(=O)c2cccc(CN3CCCC3)c2)cc1Cl. The Kier molecular flexibility index (Phi) is 6.01. The number of amides is 1. The number of nitrogens with one attached hydrogen (secondary N) is 1. The first-order valence-corrected chi connectivity index (χ1v) is 9.02. The first kappa shape index (κ1) is 18.5. The second kappa shape index (κ2) is 8.43. The lowest BCUT2D eigenvalue weighted by atomic mass is 10.1. The molecule has 0 spiro atoms. The van der Waals surface area contributed by atoms with E-state index in [9.17, 15) is 4.79 Å². The zero-order chi connectivity index (χ0) is 18.5. The fraction of sp³-hybridized carbons (Fsp3) is 0.350. The minimum Gasteiger partial charge on any atom is -0.495 e. The summed E-state index contributed by atoms with van der Waals surface area (Å²) >= 11 is 6.17. The third kappa shape index (κ3) is 4.29. The molecule has 0 radical (unpaired) electrons. The number of anilines is 1. The fourth-order valence-corrected chi connectivity index (χ4v) is 3.40. The highest BCUT2D eigenvalue weighted by Gasteiger charge is 2.15. The van der Waals surface area contributed by atoms with Gasteiger partial charge in [-0.2, -0.15) is 0 Å². The number of ether oxygens (including phenoxy) is 2. The van der Waals surface area contributed by atoms with Gasteiger partial charge in [0, 0.05) is 18.2 Å². The second-order valence-electron chi connectivity index (χ2n) is 6.32. The molecule has 0 aliphatic carbocycles. The van der Waals surface area contributed by atoms with Crippen LogP contribution in [0.4, 0.5) is 5.69 Å². The van der Waals surface area contributed by atoms with E-state index < -0.39 is 0 Å². The smallest absolute Gasteiger partial charge is 0.255 e. The van der Waals surface area contributed by atoms with Gasteiger partial charge in [0.2, 0.25) is 0 Å². The van der Waals surface area contributed by atoms with Crippen LogP contribution >= 0.6 is 11.6 Å². The Morgan fingerprint density at radius 2 is 1.85 bits per heavy atom. The number of benzene rings is 2. The van der Waals surface area contributed by atoms with Crippen molar-refractivity contribution in [1.29, 1.82) is 0 Å². The molecule has 1 saturated heterocycles. The molecular weight excluding hydrogens is 352 g/mol. The van der Waals surface area contributed by atoms with E-state index in [1.54, 1.807) is 18.2 Å². The third-order valence-electron chi connectivity index (χ3n) is 4.52. The van der Waals surface area contributed by atoms with Gasteiger partial charge in [0.1, 0.15) is 11.5 Å². The minimum atomic E-state index is -0.201. The molecular formula is C20H23ClN2O3. The zero-order valence-corrected chi connectivity index (χ0v) is 15.8. The first-order valence-electron chi connectivity index (χ1n) is 8.65. The summed E-state index contributed by atoms with van der Waals surface area (Å²) in [5.74, 6) is 0.787. The van der Waals surface area contributed by atoms with E-state index >= 15 is 0 Å². The molecule has 1 N–H and O–H groups in total. The van der Waals surface area contributed by atoms with Crippen molar-refractivity contribution in [2.45, 2.75) is 19.4 Å². The van der Waals surface area contributed by atoms with E-state index in [0.717, 1.165) is 25.2 Å². The largest absolute Gasteiger partial charge is 0.495 e. The molecule has 3 rings (SSSR count). The van der Waals surface area contributed by atoms with Gasteiger partial charge in [-0.3, -0.25) is 9.69 Å². The average Bonchev–Trinajstić information content (AvgIpc) is 3.15. The number of carbonyl (C=O) groups is 1. The van der Waals surface area contributed by atoms with E-state index in [2.05, 4.69) is 16.3 Å². The van der Waals surface area contributed by atoms with Crippen LogP contribution in [0.25, 0.3) is 0 Å². The van der Waals surface area contributed by atoms with Gasteiger partial charge >= 0.3 is 0 Å². The van der Waals surface area contributed by atoms with Gasteiger partial charge < -0.3 is 14.8 Å². The van der Waals surface area contributed by atoms with Gasteiger partial charge in [0.05, 0.1) is 24.9 Å². The Labute approximate surface area is 158 Å². The highest BCUT2D eigenvalue weighted by atomic mass is 35.5. The zero-order valence-electron chi connectivity index (χ0n) is 15.0. The molecule has 0 aromatic heterocycles. The van der Waals surface area contributed by atoms with E-state index in [0.29, 0.717) is 27.8 Å². The van der Waals surface area contributed by atoms with Crippen molar-refractivity contribution in [3.8, 4) is 11.5 Å². The lowest BCUT2D eigenvalue weighted by Gasteiger charge is -2.16. The van der Waals surface area contributed by atoms with Gasteiger partial charge in [0.15, 0.2) is 0 Å². The highest BCUT2D eigenvalue weighted by molar-refractivity contribution is 6.32. The van der Waals surface area contributed by atoms with Crippen LogP contribution in [0.5, 0.6) is 11.5 Å². The summed E-state index contributed by atoms with van der Waals surface area (Å²) in [7, 11) is 3.07. The lowest BCUT2D eigenvalue weighted by Crippen LogP contribution is -2.19. The van der Waals surface area contributed by atoms with E-state index in [1.807, 2.05) is 12.1 Å². The van der Waals surface area contributed by atoms with E-state index in [-0.39, 0.29) is 5.91 Å². The van der Waals surface area contributed by atoms with Crippen molar-refractivity contribution in [2.24, 2.45) is 0 Å². The summed E-state index contributed by atoms with van der Waals surface area (Å²) < 4.78 is 10.5. The van der Waals surface area contributed by atoms with Crippen molar-refractivity contribution >= 4 is 23.2 Å². The minimum absolute atomic E-state index is 0.201. The molecule has 26 heavy (non-hydrogen) atoms. The molecule has 1 heterocycles. The molecule has 1 aliphatic heterocycles. The highest BCUT2D eigenvalue weighted by Crippen LogP contribution is 2.36. The summed E-state index contributed by atoms with van der Waals surface area (Å²) in [4.78, 5) is 15.1. The monoisotopic (exact) mass is 374 g/mol. The maximum atomic E-state index is 12.7. The van der Waals surface area contributed by atoms with Crippen LogP contribution in [0.1, 0.15) is 28.8 Å². The van der Waals surface area contributed by atoms with Crippen LogP contribution in [-0.2, 0) is 6.54 Å². The van der Waals surface area contributed by atoms with Crippen molar-refractivity contribution in [1.82, 2.24) is 4.90 Å².